The zero-order chi connectivity index (χ0) is 50.0. The Morgan fingerprint density at radius 3 is 0.884 bits per heavy atom. The van der Waals surface area contributed by atoms with E-state index in [1.165, 1.54) is 167 Å². The third kappa shape index (κ3) is 55.9. The Labute approximate surface area is 428 Å². The number of esters is 3. The standard InChI is InChI=1S/C63H112O6/c1-4-7-10-13-16-19-22-25-28-31-32-33-36-38-41-44-47-50-53-56-62(65)68-59-60(69-63(66)57-54-51-48-45-42-39-35-30-27-24-21-18-15-12-9-6-3)58-67-61(64)55-52-49-46-43-40-37-34-29-26-23-20-17-14-11-8-5-2/h7,10,16,19,25,28,32-33,38,41,60H,4-6,8-9,11-15,17-18,20-24,26-27,29-31,34-37,39-40,42-59H2,1-3H3/b10-7-,19-16-,28-25-,33-32-,41-38-. The molecule has 0 heterocycles. The maximum Gasteiger partial charge on any atom is 0.306 e. The van der Waals surface area contributed by atoms with E-state index in [2.05, 4.69) is 81.5 Å². The zero-order valence-electron chi connectivity index (χ0n) is 45.8. The Bertz CT molecular complexity index is 1250. The summed E-state index contributed by atoms with van der Waals surface area (Å²) in [6.07, 6.45) is 72.1. The second-order valence-electron chi connectivity index (χ2n) is 19.9. The van der Waals surface area contributed by atoms with Gasteiger partial charge in [-0.2, -0.15) is 0 Å². The van der Waals surface area contributed by atoms with Crippen LogP contribution in [0.3, 0.4) is 0 Å². The van der Waals surface area contributed by atoms with Gasteiger partial charge in [-0.05, 0) is 64.2 Å². The molecule has 0 N–H and O–H groups in total. The average Bonchev–Trinajstić information content (AvgIpc) is 3.35. The van der Waals surface area contributed by atoms with Crippen LogP contribution in [0.25, 0.3) is 0 Å². The maximum atomic E-state index is 12.9. The Kier molecular flexibility index (Phi) is 55.3. The molecule has 0 aliphatic heterocycles. The predicted molar refractivity (Wildman–Crippen MR) is 298 cm³/mol. The minimum Gasteiger partial charge on any atom is -0.462 e. The molecule has 69 heavy (non-hydrogen) atoms. The maximum absolute atomic E-state index is 12.9. The lowest BCUT2D eigenvalue weighted by atomic mass is 10.0. The highest BCUT2D eigenvalue weighted by molar-refractivity contribution is 5.71. The van der Waals surface area contributed by atoms with Crippen LogP contribution in [0, 0.1) is 0 Å². The van der Waals surface area contributed by atoms with Crippen LogP contribution in [0.2, 0.25) is 0 Å². The van der Waals surface area contributed by atoms with Gasteiger partial charge in [-0.15, -0.1) is 0 Å². The summed E-state index contributed by atoms with van der Waals surface area (Å²) in [5, 5.41) is 0. The van der Waals surface area contributed by atoms with E-state index in [0.717, 1.165) is 96.3 Å². The Balaban J connectivity index is 4.40. The fourth-order valence-corrected chi connectivity index (χ4v) is 8.59. The molecule has 0 bridgehead atoms. The number of rotatable bonds is 54. The number of carbonyl (C=O) groups excluding carboxylic acids is 3. The molecule has 0 radical (unpaired) electrons. The monoisotopic (exact) mass is 965 g/mol. The SMILES string of the molecule is CC/C=C\C/C=C\C/C=C\C/C=C\C/C=C\CCCCCC(=O)OCC(COC(=O)CCCCCCCCCCCCCCCCCC)OC(=O)CCCCCCCCCCCCCCCCCC. The van der Waals surface area contributed by atoms with Crippen molar-refractivity contribution >= 4 is 17.9 Å². The first-order valence-electron chi connectivity index (χ1n) is 29.8. The van der Waals surface area contributed by atoms with Crippen molar-refractivity contribution in [2.45, 2.75) is 309 Å². The molecule has 0 aromatic heterocycles. The van der Waals surface area contributed by atoms with Crippen molar-refractivity contribution in [1.82, 2.24) is 0 Å². The van der Waals surface area contributed by atoms with Gasteiger partial charge in [-0.25, -0.2) is 0 Å². The fourth-order valence-electron chi connectivity index (χ4n) is 8.59. The van der Waals surface area contributed by atoms with E-state index in [0.29, 0.717) is 19.3 Å². The van der Waals surface area contributed by atoms with Crippen LogP contribution in [0.4, 0.5) is 0 Å². The third-order valence-electron chi connectivity index (χ3n) is 13.0. The molecular formula is C63H112O6. The van der Waals surface area contributed by atoms with Gasteiger partial charge in [0.2, 0.25) is 0 Å². The highest BCUT2D eigenvalue weighted by Crippen LogP contribution is 2.17. The Hall–Kier alpha value is -2.89. The lowest BCUT2D eigenvalue weighted by Gasteiger charge is -2.18. The second kappa shape index (κ2) is 57.7. The summed E-state index contributed by atoms with van der Waals surface area (Å²) in [6, 6.07) is 0. The first kappa shape index (κ1) is 66.1. The van der Waals surface area contributed by atoms with Gasteiger partial charge in [0, 0.05) is 19.3 Å². The number of carbonyl (C=O) groups is 3. The quantitative estimate of drug-likeness (QED) is 0.0262. The molecule has 0 aromatic carbocycles. The summed E-state index contributed by atoms with van der Waals surface area (Å²) in [6.45, 7) is 6.54. The molecule has 0 fully saturated rings. The number of hydrogen-bond acceptors (Lipinski definition) is 6. The molecule has 0 rings (SSSR count). The Morgan fingerprint density at radius 2 is 0.565 bits per heavy atom. The predicted octanol–water partition coefficient (Wildman–Crippen LogP) is 20.0. The molecule has 1 atom stereocenters. The van der Waals surface area contributed by atoms with Gasteiger partial charge >= 0.3 is 17.9 Å². The Morgan fingerprint density at radius 1 is 0.304 bits per heavy atom. The molecule has 1 unspecified atom stereocenters. The van der Waals surface area contributed by atoms with Crippen molar-refractivity contribution in [2.24, 2.45) is 0 Å². The number of ether oxygens (including phenoxy) is 3. The number of allylic oxidation sites excluding steroid dienone is 10. The van der Waals surface area contributed by atoms with Crippen molar-refractivity contribution in [1.29, 1.82) is 0 Å². The summed E-state index contributed by atoms with van der Waals surface area (Å²) in [7, 11) is 0. The average molecular weight is 966 g/mol. The highest BCUT2D eigenvalue weighted by atomic mass is 16.6. The van der Waals surface area contributed by atoms with Gasteiger partial charge < -0.3 is 14.2 Å². The van der Waals surface area contributed by atoms with Crippen LogP contribution in [-0.4, -0.2) is 37.2 Å². The van der Waals surface area contributed by atoms with E-state index >= 15 is 0 Å². The van der Waals surface area contributed by atoms with E-state index in [1.807, 2.05) is 0 Å². The number of unbranched alkanes of at least 4 members (excludes halogenated alkanes) is 33. The largest absolute Gasteiger partial charge is 0.462 e. The molecule has 6 heteroatoms. The van der Waals surface area contributed by atoms with Crippen LogP contribution in [0.15, 0.2) is 60.8 Å². The van der Waals surface area contributed by atoms with Crippen molar-refractivity contribution in [3.05, 3.63) is 60.8 Å². The summed E-state index contributed by atoms with van der Waals surface area (Å²) in [5.74, 6) is -0.897. The molecule has 0 spiro atoms. The minimum atomic E-state index is -0.785. The molecule has 0 aromatic rings. The first-order valence-corrected chi connectivity index (χ1v) is 29.8. The van der Waals surface area contributed by atoms with Crippen LogP contribution in [0.1, 0.15) is 303 Å². The lowest BCUT2D eigenvalue weighted by Crippen LogP contribution is -2.30. The van der Waals surface area contributed by atoms with Gasteiger partial charge in [0.15, 0.2) is 6.10 Å². The van der Waals surface area contributed by atoms with Gasteiger partial charge in [0.05, 0.1) is 0 Å². The summed E-state index contributed by atoms with van der Waals surface area (Å²) in [4.78, 5) is 38.2. The van der Waals surface area contributed by atoms with E-state index in [1.54, 1.807) is 0 Å². The smallest absolute Gasteiger partial charge is 0.306 e. The van der Waals surface area contributed by atoms with Crippen LogP contribution >= 0.6 is 0 Å². The van der Waals surface area contributed by atoms with Crippen LogP contribution < -0.4 is 0 Å². The summed E-state index contributed by atoms with van der Waals surface area (Å²) >= 11 is 0. The number of hydrogen-bond donors (Lipinski definition) is 0. The van der Waals surface area contributed by atoms with Gasteiger partial charge in [-0.1, -0.05) is 281 Å². The third-order valence-corrected chi connectivity index (χ3v) is 13.0. The lowest BCUT2D eigenvalue weighted by molar-refractivity contribution is -0.167. The summed E-state index contributed by atoms with van der Waals surface area (Å²) < 4.78 is 16.9. The van der Waals surface area contributed by atoms with E-state index < -0.39 is 6.10 Å². The van der Waals surface area contributed by atoms with E-state index in [4.69, 9.17) is 14.2 Å². The molecule has 0 saturated heterocycles. The molecule has 0 saturated carbocycles. The molecule has 0 aliphatic carbocycles. The van der Waals surface area contributed by atoms with Gasteiger partial charge in [0.25, 0.3) is 0 Å². The molecule has 6 nitrogen and oxygen atoms in total. The normalized spacial score (nSPS) is 12.4. The minimum absolute atomic E-state index is 0.0804. The van der Waals surface area contributed by atoms with Gasteiger partial charge in [0.1, 0.15) is 13.2 Å². The first-order chi connectivity index (χ1) is 34.0. The highest BCUT2D eigenvalue weighted by Gasteiger charge is 2.19. The van der Waals surface area contributed by atoms with Crippen molar-refractivity contribution in [2.75, 3.05) is 13.2 Å². The van der Waals surface area contributed by atoms with E-state index in [-0.39, 0.29) is 31.1 Å². The molecular weight excluding hydrogens is 853 g/mol. The van der Waals surface area contributed by atoms with E-state index in [9.17, 15) is 14.4 Å². The van der Waals surface area contributed by atoms with Crippen LogP contribution in [-0.2, 0) is 28.6 Å². The van der Waals surface area contributed by atoms with Crippen molar-refractivity contribution < 1.29 is 28.6 Å². The fraction of sp³-hybridized carbons (Fsp3) is 0.794. The summed E-state index contributed by atoms with van der Waals surface area (Å²) in [5.41, 5.74) is 0. The van der Waals surface area contributed by atoms with Crippen LogP contribution in [0.5, 0.6) is 0 Å². The zero-order valence-corrected chi connectivity index (χ0v) is 45.8. The van der Waals surface area contributed by atoms with Crippen molar-refractivity contribution in [3.63, 3.8) is 0 Å². The molecule has 0 amide bonds. The molecule has 0 aliphatic rings. The van der Waals surface area contributed by atoms with Gasteiger partial charge in [-0.3, -0.25) is 14.4 Å². The second-order valence-corrected chi connectivity index (χ2v) is 19.9. The molecule has 400 valence electrons. The van der Waals surface area contributed by atoms with Crippen molar-refractivity contribution in [3.8, 4) is 0 Å². The topological polar surface area (TPSA) is 78.9 Å².